The van der Waals surface area contributed by atoms with Crippen molar-refractivity contribution in [2.24, 2.45) is 0 Å². The van der Waals surface area contributed by atoms with E-state index in [2.05, 4.69) is 49.4 Å². The smallest absolute Gasteiger partial charge is 1.00 e. The Hall–Kier alpha value is -0.0538. The maximum atomic E-state index is 3.86. The van der Waals surface area contributed by atoms with Gasteiger partial charge in [-0.05, 0) is 10.8 Å². The van der Waals surface area contributed by atoms with Gasteiger partial charge in [-0.15, -0.1) is 0 Å². The third-order valence-corrected chi connectivity index (χ3v) is 2.10. The van der Waals surface area contributed by atoms with Gasteiger partial charge in [0.1, 0.15) is 0 Å². The molecule has 0 heterocycles. The van der Waals surface area contributed by atoms with Gasteiger partial charge in [0.15, 0.2) is 0 Å². The van der Waals surface area contributed by atoms with Crippen LogP contribution >= 0.6 is 0 Å². The van der Waals surface area contributed by atoms with Gasteiger partial charge >= 0.3 is 23.1 Å². The minimum atomic E-state index is 0. The number of fused-ring (bicyclic) bond motifs is 1. The number of rotatable bonds is 1. The van der Waals surface area contributed by atoms with Crippen LogP contribution in [0, 0.1) is 6.92 Å². The fourth-order valence-corrected chi connectivity index (χ4v) is 1.39. The zero-order chi connectivity index (χ0) is 8.39. The third-order valence-electron chi connectivity index (χ3n) is 2.10. The van der Waals surface area contributed by atoms with Crippen LogP contribution < -0.4 is 17.0 Å². The van der Waals surface area contributed by atoms with Gasteiger partial charge in [-0.25, -0.2) is 0 Å². The molecule has 0 atom stereocenters. The number of hydrogen-bond acceptors (Lipinski definition) is 0. The zero-order valence-electron chi connectivity index (χ0n) is 8.04. The summed E-state index contributed by atoms with van der Waals surface area (Å²) in [7, 11) is 0. The molecule has 0 spiro atoms. The van der Waals surface area contributed by atoms with Crippen molar-refractivity contribution in [2.75, 3.05) is 0 Å². The molecule has 0 amide bonds. The Kier molecular flexibility index (Phi) is 6.41. The summed E-state index contributed by atoms with van der Waals surface area (Å²) in [6.07, 6.45) is 0.866. The molecule has 2 aromatic carbocycles. The summed E-state index contributed by atoms with van der Waals surface area (Å²) in [5.41, 5.74) is 1.30. The van der Waals surface area contributed by atoms with Gasteiger partial charge in [0.05, 0.1) is 0 Å². The Bertz CT molecular complexity index is 398. The number of halogens is 1. The molecule has 0 nitrogen and oxygen atoms in total. The third kappa shape index (κ3) is 2.97. The van der Waals surface area contributed by atoms with E-state index >= 15 is 0 Å². The maximum Gasteiger partial charge on any atom is 2.00 e. The molecule has 2 heteroatoms. The minimum Gasteiger partial charge on any atom is -1.00 e. The van der Waals surface area contributed by atoms with Gasteiger partial charge in [-0.3, -0.25) is 0 Å². The predicted molar refractivity (Wildman–Crippen MR) is 58.8 cm³/mol. The van der Waals surface area contributed by atoms with Gasteiger partial charge in [0.2, 0.25) is 0 Å². The summed E-state index contributed by atoms with van der Waals surface area (Å²) in [5.74, 6) is 0. The Balaban J connectivity index is 0.000000845. The molecule has 0 aliphatic carbocycles. The van der Waals surface area contributed by atoms with E-state index in [4.69, 9.17) is 0 Å². The van der Waals surface area contributed by atoms with E-state index in [1.54, 1.807) is 0 Å². The minimum absolute atomic E-state index is 0. The molecule has 0 aliphatic heterocycles. The normalized spacial score (nSPS) is 8.93. The Morgan fingerprint density at radius 2 is 1.57 bits per heavy atom. The molecule has 0 radical (unpaired) electrons. The van der Waals surface area contributed by atoms with Gasteiger partial charge in [0, 0.05) is 0 Å². The predicted octanol–water partition coefficient (Wildman–Crippen LogP) is -0.160. The number of hydrogen-bond donors (Lipinski definition) is 0. The van der Waals surface area contributed by atoms with Crippen LogP contribution in [0.25, 0.3) is 10.8 Å². The quantitative estimate of drug-likeness (QED) is 0.493. The summed E-state index contributed by atoms with van der Waals surface area (Å²) >= 11 is 0. The van der Waals surface area contributed by atoms with Crippen LogP contribution in [0.4, 0.5) is 0 Å². The summed E-state index contributed by atoms with van der Waals surface area (Å²) in [6, 6.07) is 14.9. The molecule has 0 saturated carbocycles. The van der Waals surface area contributed by atoms with Gasteiger partial charge in [0.25, 0.3) is 0 Å². The van der Waals surface area contributed by atoms with Crippen molar-refractivity contribution in [3.05, 3.63) is 55.0 Å². The van der Waals surface area contributed by atoms with Crippen molar-refractivity contribution in [1.82, 2.24) is 0 Å². The van der Waals surface area contributed by atoms with E-state index in [9.17, 15) is 0 Å². The molecular weight excluding hydrogens is 248 g/mol. The van der Waals surface area contributed by atoms with Crippen molar-refractivity contribution >= 4 is 33.8 Å². The first-order chi connectivity index (χ1) is 5.90. The van der Waals surface area contributed by atoms with Crippen molar-refractivity contribution in [3.63, 3.8) is 0 Å². The molecular formula is C12H11BrMg. The maximum absolute atomic E-state index is 3.86. The molecule has 0 fully saturated rings. The Morgan fingerprint density at radius 1 is 0.929 bits per heavy atom. The largest absolute Gasteiger partial charge is 2.00 e. The van der Waals surface area contributed by atoms with E-state index in [0.717, 1.165) is 6.42 Å². The standard InChI is InChI=1S/C12H11.BrH.Mg/c1-2-10-7-8-11-5-3-4-6-12(11)9-10;;/h3-9H,1-2H2;1H;/q-1;;+2/p-1. The van der Waals surface area contributed by atoms with Crippen LogP contribution in [0.3, 0.4) is 0 Å². The molecule has 68 valence electrons. The Labute approximate surface area is 112 Å². The second-order valence-electron chi connectivity index (χ2n) is 2.93. The molecule has 0 saturated heterocycles. The van der Waals surface area contributed by atoms with E-state index in [-0.39, 0.29) is 40.0 Å². The fourth-order valence-electron chi connectivity index (χ4n) is 1.39. The summed E-state index contributed by atoms with van der Waals surface area (Å²) in [6.45, 7) is 3.86. The zero-order valence-corrected chi connectivity index (χ0v) is 11.0. The molecule has 2 rings (SSSR count). The SMILES string of the molecule is [Br-].[CH2-]Cc1ccc2ccccc2c1.[Mg+2]. The van der Waals surface area contributed by atoms with E-state index in [1.165, 1.54) is 16.3 Å². The van der Waals surface area contributed by atoms with Crippen LogP contribution in [0.1, 0.15) is 5.56 Å². The van der Waals surface area contributed by atoms with Crippen LogP contribution in [0.2, 0.25) is 0 Å². The first kappa shape index (κ1) is 13.9. The van der Waals surface area contributed by atoms with Crippen LogP contribution in [-0.2, 0) is 6.42 Å². The molecule has 0 aromatic heterocycles. The van der Waals surface area contributed by atoms with E-state index in [0.29, 0.717) is 0 Å². The first-order valence-corrected chi connectivity index (χ1v) is 4.17. The number of benzene rings is 2. The van der Waals surface area contributed by atoms with Crippen molar-refractivity contribution < 1.29 is 17.0 Å². The first-order valence-electron chi connectivity index (χ1n) is 4.17. The molecule has 0 unspecified atom stereocenters. The van der Waals surface area contributed by atoms with Crippen LogP contribution in [0.5, 0.6) is 0 Å². The van der Waals surface area contributed by atoms with E-state index < -0.39 is 0 Å². The monoisotopic (exact) mass is 258 g/mol. The second kappa shape index (κ2) is 6.43. The molecule has 14 heavy (non-hydrogen) atoms. The van der Waals surface area contributed by atoms with Crippen molar-refractivity contribution in [3.8, 4) is 0 Å². The molecule has 0 N–H and O–H groups in total. The van der Waals surface area contributed by atoms with Crippen LogP contribution in [-0.4, -0.2) is 23.1 Å². The average molecular weight is 259 g/mol. The topological polar surface area (TPSA) is 0 Å². The van der Waals surface area contributed by atoms with Crippen LogP contribution in [0.15, 0.2) is 42.5 Å². The fraction of sp³-hybridized carbons (Fsp3) is 0.0833. The average Bonchev–Trinajstić information content (AvgIpc) is 2.17. The Morgan fingerprint density at radius 3 is 2.21 bits per heavy atom. The second-order valence-corrected chi connectivity index (χ2v) is 2.93. The summed E-state index contributed by atoms with van der Waals surface area (Å²) in [4.78, 5) is 0. The summed E-state index contributed by atoms with van der Waals surface area (Å²) < 4.78 is 0. The molecule has 0 bridgehead atoms. The molecule has 0 aliphatic rings. The van der Waals surface area contributed by atoms with E-state index in [1.807, 2.05) is 0 Å². The molecule has 2 aromatic rings. The van der Waals surface area contributed by atoms with Crippen molar-refractivity contribution in [2.45, 2.75) is 6.42 Å². The van der Waals surface area contributed by atoms with Crippen molar-refractivity contribution in [1.29, 1.82) is 0 Å². The van der Waals surface area contributed by atoms with Gasteiger partial charge in [-0.2, -0.15) is 6.42 Å². The van der Waals surface area contributed by atoms with Gasteiger partial charge < -0.3 is 23.9 Å². The summed E-state index contributed by atoms with van der Waals surface area (Å²) in [5, 5.41) is 2.60. The van der Waals surface area contributed by atoms with Gasteiger partial charge in [-0.1, -0.05) is 48.0 Å².